The molecule has 1 aliphatic heterocycles. The normalized spacial score (nSPS) is 17.4. The zero-order chi connectivity index (χ0) is 18.0. The average molecular weight is 339 g/mol. The summed E-state index contributed by atoms with van der Waals surface area (Å²) in [5.74, 6) is -0.187. The van der Waals surface area contributed by atoms with E-state index in [4.69, 9.17) is 5.11 Å². The van der Waals surface area contributed by atoms with Crippen molar-refractivity contribution in [2.75, 3.05) is 13.1 Å². The van der Waals surface area contributed by atoms with E-state index in [0.29, 0.717) is 24.6 Å². The first kappa shape index (κ1) is 17.1. The molecule has 1 aromatic carbocycles. The van der Waals surface area contributed by atoms with Crippen molar-refractivity contribution >= 4 is 11.9 Å². The summed E-state index contributed by atoms with van der Waals surface area (Å²) in [6.07, 6.45) is 1.90. The van der Waals surface area contributed by atoms with Crippen LogP contribution in [0.4, 0.5) is 0 Å². The highest BCUT2D eigenvalue weighted by molar-refractivity contribution is 5.92. The Morgan fingerprint density at radius 1 is 1.16 bits per heavy atom. The Kier molecular flexibility index (Phi) is 4.79. The predicted octanol–water partition coefficient (Wildman–Crippen LogP) is 2.81. The number of benzene rings is 1. The van der Waals surface area contributed by atoms with E-state index in [1.54, 1.807) is 25.1 Å². The summed E-state index contributed by atoms with van der Waals surface area (Å²) in [6.45, 7) is 4.97. The van der Waals surface area contributed by atoms with Crippen molar-refractivity contribution in [3.8, 4) is 0 Å². The van der Waals surface area contributed by atoms with Crippen LogP contribution in [0.1, 0.15) is 56.7 Å². The predicted molar refractivity (Wildman–Crippen MR) is 92.8 cm³/mol. The minimum Gasteiger partial charge on any atom is -0.478 e. The van der Waals surface area contributed by atoms with Crippen LogP contribution in [0.25, 0.3) is 0 Å². The van der Waals surface area contributed by atoms with Crippen LogP contribution < -0.4 is 0 Å². The van der Waals surface area contributed by atoms with E-state index in [2.05, 4.69) is 9.97 Å². The van der Waals surface area contributed by atoms with Gasteiger partial charge in [0, 0.05) is 24.7 Å². The van der Waals surface area contributed by atoms with Crippen LogP contribution >= 0.6 is 0 Å². The molecular formula is C19H21N3O3. The number of aromatic nitrogens is 2. The van der Waals surface area contributed by atoms with Gasteiger partial charge in [-0.05, 0) is 50.5 Å². The number of carbonyl (C=O) groups is 2. The third-order valence-electron chi connectivity index (χ3n) is 4.52. The van der Waals surface area contributed by atoms with Gasteiger partial charge in [-0.2, -0.15) is 0 Å². The second kappa shape index (κ2) is 7.01. The molecule has 6 heteroatoms. The number of hydrogen-bond donors (Lipinski definition) is 1. The van der Waals surface area contributed by atoms with Gasteiger partial charge in [-0.25, -0.2) is 14.8 Å². The first-order valence-electron chi connectivity index (χ1n) is 8.39. The molecule has 2 heterocycles. The lowest BCUT2D eigenvalue weighted by Gasteiger charge is -2.33. The Morgan fingerprint density at radius 2 is 1.88 bits per heavy atom. The highest BCUT2D eigenvalue weighted by atomic mass is 16.4. The summed E-state index contributed by atoms with van der Waals surface area (Å²) in [6, 6.07) is 8.66. The second-order valence-electron chi connectivity index (χ2n) is 6.46. The maximum absolute atomic E-state index is 12.8. The topological polar surface area (TPSA) is 83.4 Å². The molecule has 0 aliphatic carbocycles. The number of likely N-dealkylation sites (tertiary alicyclic amines) is 1. The Labute approximate surface area is 146 Å². The molecule has 0 saturated carbocycles. The average Bonchev–Trinajstić information content (AvgIpc) is 2.60. The van der Waals surface area contributed by atoms with Gasteiger partial charge in [-0.1, -0.05) is 12.1 Å². The third kappa shape index (κ3) is 3.84. The van der Waals surface area contributed by atoms with Gasteiger partial charge in [0.15, 0.2) is 0 Å². The zero-order valence-electron chi connectivity index (χ0n) is 14.4. The number of nitrogens with zero attached hydrogens (tertiary/aromatic N) is 3. The van der Waals surface area contributed by atoms with E-state index in [0.717, 1.165) is 24.1 Å². The van der Waals surface area contributed by atoms with Crippen LogP contribution in [0.5, 0.6) is 0 Å². The summed E-state index contributed by atoms with van der Waals surface area (Å²) in [4.78, 5) is 34.1. The van der Waals surface area contributed by atoms with Gasteiger partial charge in [0.05, 0.1) is 5.56 Å². The maximum Gasteiger partial charge on any atom is 0.335 e. The molecule has 1 amide bonds. The molecule has 1 saturated heterocycles. The van der Waals surface area contributed by atoms with Crippen LogP contribution in [0.15, 0.2) is 30.3 Å². The van der Waals surface area contributed by atoms with Crippen LogP contribution in [-0.4, -0.2) is 44.9 Å². The summed E-state index contributed by atoms with van der Waals surface area (Å²) in [5.41, 5.74) is 2.57. The molecular weight excluding hydrogens is 318 g/mol. The van der Waals surface area contributed by atoms with E-state index >= 15 is 0 Å². The number of carboxylic acids is 1. The smallest absolute Gasteiger partial charge is 0.335 e. The van der Waals surface area contributed by atoms with Crippen LogP contribution in [-0.2, 0) is 0 Å². The number of rotatable bonds is 3. The number of hydrogen-bond acceptors (Lipinski definition) is 4. The molecule has 3 rings (SSSR count). The fourth-order valence-electron chi connectivity index (χ4n) is 3.32. The fourth-order valence-corrected chi connectivity index (χ4v) is 3.32. The molecule has 1 aromatic heterocycles. The van der Waals surface area contributed by atoms with Gasteiger partial charge in [-0.3, -0.25) is 4.79 Å². The molecule has 2 aromatic rings. The lowest BCUT2D eigenvalue weighted by Crippen LogP contribution is -2.39. The SMILES string of the molecule is Cc1cc(C(=O)N2CCC[C@@H](c3ccc(C(=O)O)cc3)C2)nc(C)n1. The number of aromatic carboxylic acids is 1. The highest BCUT2D eigenvalue weighted by Gasteiger charge is 2.26. The van der Waals surface area contributed by atoms with Gasteiger partial charge in [-0.15, -0.1) is 0 Å². The van der Waals surface area contributed by atoms with E-state index < -0.39 is 5.97 Å². The van der Waals surface area contributed by atoms with Gasteiger partial charge >= 0.3 is 5.97 Å². The molecule has 130 valence electrons. The molecule has 1 atom stereocenters. The molecule has 0 spiro atoms. The largest absolute Gasteiger partial charge is 0.478 e. The summed E-state index contributed by atoms with van der Waals surface area (Å²) < 4.78 is 0. The maximum atomic E-state index is 12.8. The Balaban J connectivity index is 1.76. The summed E-state index contributed by atoms with van der Waals surface area (Å²) >= 11 is 0. The van der Waals surface area contributed by atoms with Crippen molar-refractivity contribution in [1.82, 2.24) is 14.9 Å². The van der Waals surface area contributed by atoms with Crippen molar-refractivity contribution < 1.29 is 14.7 Å². The van der Waals surface area contributed by atoms with Gasteiger partial charge in [0.1, 0.15) is 11.5 Å². The van der Waals surface area contributed by atoms with Crippen molar-refractivity contribution in [2.45, 2.75) is 32.6 Å². The van der Waals surface area contributed by atoms with E-state index in [1.165, 1.54) is 0 Å². The lowest BCUT2D eigenvalue weighted by atomic mass is 9.90. The number of carbonyl (C=O) groups excluding carboxylic acids is 1. The Bertz CT molecular complexity index is 782. The highest BCUT2D eigenvalue weighted by Crippen LogP contribution is 2.28. The van der Waals surface area contributed by atoms with Crippen LogP contribution in [0.3, 0.4) is 0 Å². The molecule has 1 N–H and O–H groups in total. The number of amides is 1. The van der Waals surface area contributed by atoms with Gasteiger partial charge in [0.2, 0.25) is 0 Å². The lowest BCUT2D eigenvalue weighted by molar-refractivity contribution is 0.0692. The summed E-state index contributed by atoms with van der Waals surface area (Å²) in [7, 11) is 0. The van der Waals surface area contributed by atoms with Crippen molar-refractivity contribution in [3.63, 3.8) is 0 Å². The molecule has 1 aliphatic rings. The van der Waals surface area contributed by atoms with E-state index in [-0.39, 0.29) is 17.4 Å². The van der Waals surface area contributed by atoms with Crippen molar-refractivity contribution in [3.05, 3.63) is 58.7 Å². The minimum absolute atomic E-state index is 0.0690. The molecule has 6 nitrogen and oxygen atoms in total. The zero-order valence-corrected chi connectivity index (χ0v) is 14.4. The fraction of sp³-hybridized carbons (Fsp3) is 0.368. The van der Waals surface area contributed by atoms with Gasteiger partial charge < -0.3 is 10.0 Å². The van der Waals surface area contributed by atoms with Crippen molar-refractivity contribution in [2.24, 2.45) is 0 Å². The Morgan fingerprint density at radius 3 is 2.52 bits per heavy atom. The van der Waals surface area contributed by atoms with Crippen molar-refractivity contribution in [1.29, 1.82) is 0 Å². The van der Waals surface area contributed by atoms with E-state index in [1.807, 2.05) is 24.0 Å². The molecule has 1 fully saturated rings. The molecule has 0 bridgehead atoms. The first-order valence-corrected chi connectivity index (χ1v) is 8.39. The molecule has 0 unspecified atom stereocenters. The third-order valence-corrected chi connectivity index (χ3v) is 4.52. The molecule has 0 radical (unpaired) electrons. The van der Waals surface area contributed by atoms with E-state index in [9.17, 15) is 9.59 Å². The standard InChI is InChI=1S/C19H21N3O3/c1-12-10-17(21-13(2)20-12)18(23)22-9-3-4-16(11-22)14-5-7-15(8-6-14)19(24)25/h5-8,10,16H,3-4,9,11H2,1-2H3,(H,24,25)/t16-/m1/s1. The summed E-state index contributed by atoms with van der Waals surface area (Å²) in [5, 5.41) is 9.01. The van der Waals surface area contributed by atoms with Crippen LogP contribution in [0, 0.1) is 13.8 Å². The molecule has 25 heavy (non-hydrogen) atoms. The van der Waals surface area contributed by atoms with Crippen LogP contribution in [0.2, 0.25) is 0 Å². The Hall–Kier alpha value is -2.76. The van der Waals surface area contributed by atoms with Gasteiger partial charge in [0.25, 0.3) is 5.91 Å². The second-order valence-corrected chi connectivity index (χ2v) is 6.46. The number of aryl methyl sites for hydroxylation is 2. The monoisotopic (exact) mass is 339 g/mol. The number of piperidine rings is 1. The minimum atomic E-state index is -0.929. The number of carboxylic acid groups (broad SMARTS) is 1. The first-order chi connectivity index (χ1) is 11.9. The quantitative estimate of drug-likeness (QED) is 0.929.